The number of carbonyl (C=O) groups excluding carboxylic acids is 1. The first-order valence-electron chi connectivity index (χ1n) is 6.70. The lowest BCUT2D eigenvalue weighted by Crippen LogP contribution is -2.35. The molecule has 0 unspecified atom stereocenters. The third-order valence-electron chi connectivity index (χ3n) is 3.53. The summed E-state index contributed by atoms with van der Waals surface area (Å²) < 4.78 is 5.28. The van der Waals surface area contributed by atoms with E-state index in [1.54, 1.807) is 12.1 Å². The van der Waals surface area contributed by atoms with Crippen molar-refractivity contribution in [2.75, 3.05) is 26.2 Å². The Balaban J connectivity index is 0.00000180. The van der Waals surface area contributed by atoms with Crippen LogP contribution >= 0.6 is 12.4 Å². The summed E-state index contributed by atoms with van der Waals surface area (Å²) in [5, 5.41) is 0. The van der Waals surface area contributed by atoms with E-state index in [-0.39, 0.29) is 18.4 Å². The Morgan fingerprint density at radius 2 is 1.89 bits per heavy atom. The maximum Gasteiger partial charge on any atom is 0.338 e. The molecule has 0 bridgehead atoms. The number of carbonyl (C=O) groups is 1. The molecule has 0 radical (unpaired) electrons. The van der Waals surface area contributed by atoms with Gasteiger partial charge in [0.1, 0.15) is 6.61 Å². The van der Waals surface area contributed by atoms with E-state index >= 15 is 0 Å². The number of halogens is 1. The fraction of sp³-hybridized carbons (Fsp3) is 0.533. The van der Waals surface area contributed by atoms with Crippen molar-refractivity contribution in [3.63, 3.8) is 0 Å². The van der Waals surface area contributed by atoms with Crippen LogP contribution in [0, 0.1) is 5.92 Å². The fourth-order valence-electron chi connectivity index (χ4n) is 2.21. The van der Waals surface area contributed by atoms with E-state index in [9.17, 15) is 4.79 Å². The summed E-state index contributed by atoms with van der Waals surface area (Å²) >= 11 is 0. The quantitative estimate of drug-likeness (QED) is 0.796. The van der Waals surface area contributed by atoms with Crippen molar-refractivity contribution < 1.29 is 9.53 Å². The van der Waals surface area contributed by atoms with Crippen LogP contribution in [0.4, 0.5) is 0 Å². The lowest BCUT2D eigenvalue weighted by Gasteiger charge is -2.29. The molecular formula is C15H22ClNO2. The van der Waals surface area contributed by atoms with Crippen molar-refractivity contribution in [1.29, 1.82) is 0 Å². The van der Waals surface area contributed by atoms with Gasteiger partial charge >= 0.3 is 5.97 Å². The summed E-state index contributed by atoms with van der Waals surface area (Å²) in [4.78, 5) is 14.1. The molecule has 0 aliphatic carbocycles. The Hall–Kier alpha value is -1.06. The highest BCUT2D eigenvalue weighted by Gasteiger charge is 2.15. The zero-order valence-corrected chi connectivity index (χ0v) is 12.2. The van der Waals surface area contributed by atoms with Crippen LogP contribution in [0.3, 0.4) is 0 Å². The minimum Gasteiger partial charge on any atom is -0.461 e. The van der Waals surface area contributed by atoms with Gasteiger partial charge in [0, 0.05) is 6.54 Å². The average Bonchev–Trinajstić information content (AvgIpc) is 2.42. The minimum atomic E-state index is -0.221. The maximum atomic E-state index is 11.7. The van der Waals surface area contributed by atoms with Crippen LogP contribution in [-0.2, 0) is 4.74 Å². The van der Waals surface area contributed by atoms with Crippen LogP contribution in [0.25, 0.3) is 0 Å². The molecule has 0 amide bonds. The van der Waals surface area contributed by atoms with Crippen molar-refractivity contribution in [3.05, 3.63) is 35.9 Å². The molecule has 1 heterocycles. The Bertz CT molecular complexity index is 375. The molecule has 0 N–H and O–H groups in total. The van der Waals surface area contributed by atoms with E-state index in [2.05, 4.69) is 11.8 Å². The van der Waals surface area contributed by atoms with Gasteiger partial charge in [-0.2, -0.15) is 0 Å². The molecule has 4 heteroatoms. The van der Waals surface area contributed by atoms with Gasteiger partial charge in [-0.3, -0.25) is 4.90 Å². The predicted molar refractivity (Wildman–Crippen MR) is 78.8 cm³/mol. The van der Waals surface area contributed by atoms with Crippen molar-refractivity contribution in [2.24, 2.45) is 5.92 Å². The molecule has 2 rings (SSSR count). The van der Waals surface area contributed by atoms with E-state index in [0.717, 1.165) is 25.6 Å². The number of benzene rings is 1. The average molecular weight is 284 g/mol. The first kappa shape index (κ1) is 16.0. The maximum absolute atomic E-state index is 11.7. The topological polar surface area (TPSA) is 29.5 Å². The molecule has 0 spiro atoms. The SMILES string of the molecule is CC1CCN(CCOC(=O)c2ccccc2)CC1.Cl. The number of piperidine rings is 1. The van der Waals surface area contributed by atoms with Gasteiger partial charge in [0.2, 0.25) is 0 Å². The van der Waals surface area contributed by atoms with Crippen molar-refractivity contribution >= 4 is 18.4 Å². The Morgan fingerprint density at radius 3 is 2.53 bits per heavy atom. The van der Waals surface area contributed by atoms with Crippen LogP contribution in [-0.4, -0.2) is 37.1 Å². The summed E-state index contributed by atoms with van der Waals surface area (Å²) in [5.74, 6) is 0.620. The van der Waals surface area contributed by atoms with Crippen LogP contribution in [0.1, 0.15) is 30.1 Å². The minimum absolute atomic E-state index is 0. The van der Waals surface area contributed by atoms with Gasteiger partial charge in [-0.25, -0.2) is 4.79 Å². The van der Waals surface area contributed by atoms with Gasteiger partial charge in [0.25, 0.3) is 0 Å². The molecule has 19 heavy (non-hydrogen) atoms. The number of hydrogen-bond donors (Lipinski definition) is 0. The lowest BCUT2D eigenvalue weighted by molar-refractivity contribution is 0.0443. The standard InChI is InChI=1S/C15H21NO2.ClH/c1-13-7-9-16(10-8-13)11-12-18-15(17)14-5-3-2-4-6-14;/h2-6,13H,7-12H2,1H3;1H. The first-order valence-corrected chi connectivity index (χ1v) is 6.70. The summed E-state index contributed by atoms with van der Waals surface area (Å²) in [7, 11) is 0. The molecule has 1 aliphatic heterocycles. The van der Waals surface area contributed by atoms with Crippen molar-refractivity contribution in [3.8, 4) is 0 Å². The zero-order valence-electron chi connectivity index (χ0n) is 11.4. The van der Waals surface area contributed by atoms with Gasteiger partial charge in [0.15, 0.2) is 0 Å². The molecule has 0 atom stereocenters. The van der Waals surface area contributed by atoms with E-state index in [1.165, 1.54) is 12.8 Å². The summed E-state index contributed by atoms with van der Waals surface area (Å²) in [6, 6.07) is 9.16. The molecule has 1 aliphatic rings. The Morgan fingerprint density at radius 1 is 1.26 bits per heavy atom. The Kier molecular flexibility index (Phi) is 6.89. The number of rotatable bonds is 4. The third-order valence-corrected chi connectivity index (χ3v) is 3.53. The van der Waals surface area contributed by atoms with E-state index < -0.39 is 0 Å². The zero-order chi connectivity index (χ0) is 12.8. The lowest BCUT2D eigenvalue weighted by atomic mass is 9.99. The molecule has 1 saturated heterocycles. The highest BCUT2D eigenvalue weighted by atomic mass is 35.5. The van der Waals surface area contributed by atoms with Crippen LogP contribution in [0.15, 0.2) is 30.3 Å². The number of ether oxygens (including phenoxy) is 1. The monoisotopic (exact) mass is 283 g/mol. The molecule has 0 aromatic heterocycles. The van der Waals surface area contributed by atoms with Gasteiger partial charge in [-0.05, 0) is 44.0 Å². The second-order valence-electron chi connectivity index (χ2n) is 5.03. The predicted octanol–water partition coefficient (Wildman–Crippen LogP) is 3.00. The molecule has 106 valence electrons. The van der Waals surface area contributed by atoms with Crippen LogP contribution in [0.2, 0.25) is 0 Å². The molecule has 1 fully saturated rings. The normalized spacial score (nSPS) is 16.7. The van der Waals surface area contributed by atoms with Crippen molar-refractivity contribution in [1.82, 2.24) is 4.90 Å². The molecule has 3 nitrogen and oxygen atoms in total. The smallest absolute Gasteiger partial charge is 0.338 e. The number of likely N-dealkylation sites (tertiary alicyclic amines) is 1. The largest absolute Gasteiger partial charge is 0.461 e. The second-order valence-corrected chi connectivity index (χ2v) is 5.03. The fourth-order valence-corrected chi connectivity index (χ4v) is 2.21. The Labute approximate surface area is 121 Å². The van der Waals surface area contributed by atoms with Crippen molar-refractivity contribution in [2.45, 2.75) is 19.8 Å². The van der Waals surface area contributed by atoms with Gasteiger partial charge in [-0.15, -0.1) is 12.4 Å². The number of nitrogens with zero attached hydrogens (tertiary/aromatic N) is 1. The molecule has 0 saturated carbocycles. The highest BCUT2D eigenvalue weighted by molar-refractivity contribution is 5.89. The second kappa shape index (κ2) is 8.18. The number of esters is 1. The van der Waals surface area contributed by atoms with Gasteiger partial charge < -0.3 is 4.74 Å². The van der Waals surface area contributed by atoms with E-state index in [4.69, 9.17) is 4.74 Å². The van der Waals surface area contributed by atoms with Gasteiger partial charge in [-0.1, -0.05) is 25.1 Å². The number of hydrogen-bond acceptors (Lipinski definition) is 3. The summed E-state index contributed by atoms with van der Waals surface area (Å²) in [6.45, 7) is 5.90. The van der Waals surface area contributed by atoms with Gasteiger partial charge in [0.05, 0.1) is 5.56 Å². The highest BCUT2D eigenvalue weighted by Crippen LogP contribution is 2.15. The third kappa shape index (κ3) is 5.21. The van der Waals surface area contributed by atoms with Crippen LogP contribution < -0.4 is 0 Å². The molecular weight excluding hydrogens is 262 g/mol. The first-order chi connectivity index (χ1) is 8.75. The van der Waals surface area contributed by atoms with E-state index in [1.807, 2.05) is 18.2 Å². The summed E-state index contributed by atoms with van der Waals surface area (Å²) in [6.07, 6.45) is 2.51. The van der Waals surface area contributed by atoms with Crippen LogP contribution in [0.5, 0.6) is 0 Å². The van der Waals surface area contributed by atoms with E-state index in [0.29, 0.717) is 12.2 Å². The summed E-state index contributed by atoms with van der Waals surface area (Å²) in [5.41, 5.74) is 0.629. The molecule has 1 aromatic rings. The molecule has 1 aromatic carbocycles.